The fraction of sp³-hybridized carbons (Fsp3) is 0.214. The van der Waals surface area contributed by atoms with E-state index in [1.54, 1.807) is 0 Å². The predicted molar refractivity (Wildman–Crippen MR) is 192 cm³/mol. The summed E-state index contributed by atoms with van der Waals surface area (Å²) in [6.07, 6.45) is 4.71. The van der Waals surface area contributed by atoms with E-state index in [0.29, 0.717) is 6.61 Å². The van der Waals surface area contributed by atoms with E-state index in [2.05, 4.69) is 85.6 Å². The minimum atomic E-state index is -0.811. The molecular weight excluding hydrogens is 580 g/mol. The molecule has 5 heteroatoms. The van der Waals surface area contributed by atoms with Gasteiger partial charge in [-0.25, -0.2) is 0 Å². The van der Waals surface area contributed by atoms with Gasteiger partial charge in [-0.1, -0.05) is 92.7 Å². The van der Waals surface area contributed by atoms with Crippen molar-refractivity contribution >= 4 is 39.1 Å². The maximum Gasteiger partial charge on any atom is 0.229 e. The molecule has 2 heterocycles. The van der Waals surface area contributed by atoms with Crippen molar-refractivity contribution in [3.05, 3.63) is 133 Å². The molecule has 0 saturated carbocycles. The summed E-state index contributed by atoms with van der Waals surface area (Å²) < 4.78 is 19.8. The molecule has 5 nitrogen and oxygen atoms in total. The third-order valence-electron chi connectivity index (χ3n) is 10.0. The highest BCUT2D eigenvalue weighted by Gasteiger charge is 2.63. The lowest BCUT2D eigenvalue weighted by Gasteiger charge is -2.49. The van der Waals surface area contributed by atoms with Crippen molar-refractivity contribution in [3.63, 3.8) is 0 Å². The lowest BCUT2D eigenvalue weighted by molar-refractivity contribution is 0.0533. The Morgan fingerprint density at radius 2 is 1.36 bits per heavy atom. The first-order valence-electron chi connectivity index (χ1n) is 16.7. The number of anilines is 1. The van der Waals surface area contributed by atoms with E-state index in [1.807, 2.05) is 66.7 Å². The monoisotopic (exact) mass is 618 g/mol. The largest absolute Gasteiger partial charge is 0.494 e. The third kappa shape index (κ3) is 4.72. The van der Waals surface area contributed by atoms with E-state index in [0.717, 1.165) is 65.3 Å². The second-order valence-electron chi connectivity index (χ2n) is 12.4. The van der Waals surface area contributed by atoms with Gasteiger partial charge in [0.25, 0.3) is 0 Å². The molecule has 6 aromatic carbocycles. The zero-order valence-electron chi connectivity index (χ0n) is 26.9. The lowest BCUT2D eigenvalue weighted by Crippen LogP contribution is -2.64. The molecule has 8 rings (SSSR count). The molecule has 1 atom stereocenters. The average Bonchev–Trinajstić information content (AvgIpc) is 3.35. The van der Waals surface area contributed by atoms with Crippen LogP contribution in [0.2, 0.25) is 0 Å². The molecule has 1 spiro atoms. The van der Waals surface area contributed by atoms with Gasteiger partial charge in [0.05, 0.1) is 18.2 Å². The van der Waals surface area contributed by atoms with E-state index < -0.39 is 5.72 Å². The molecule has 0 amide bonds. The minimum absolute atomic E-state index is 0.335. The van der Waals surface area contributed by atoms with E-state index in [4.69, 9.17) is 19.2 Å². The maximum atomic E-state index is 7.40. The number of nitrogens with zero attached hydrogens (tertiary/aromatic N) is 2. The molecule has 47 heavy (non-hydrogen) atoms. The summed E-state index contributed by atoms with van der Waals surface area (Å²) >= 11 is 0. The summed E-state index contributed by atoms with van der Waals surface area (Å²) in [7, 11) is 0. The van der Waals surface area contributed by atoms with Crippen LogP contribution in [0.15, 0.2) is 132 Å². The number of hydrogen-bond acceptors (Lipinski definition) is 5. The summed E-state index contributed by atoms with van der Waals surface area (Å²) in [6.45, 7) is 5.94. The fourth-order valence-electron chi connectivity index (χ4n) is 7.79. The van der Waals surface area contributed by atoms with Crippen LogP contribution in [0.25, 0.3) is 21.5 Å². The molecule has 0 radical (unpaired) electrons. The minimum Gasteiger partial charge on any atom is -0.494 e. The first-order chi connectivity index (χ1) is 23.2. The van der Waals surface area contributed by atoms with Crippen LogP contribution in [-0.4, -0.2) is 25.1 Å². The average molecular weight is 619 g/mol. The summed E-state index contributed by atoms with van der Waals surface area (Å²) in [5.74, 6) is 3.24. The van der Waals surface area contributed by atoms with Crippen molar-refractivity contribution in [3.8, 4) is 23.0 Å². The van der Waals surface area contributed by atoms with Crippen molar-refractivity contribution in [2.24, 2.45) is 4.99 Å². The first kappa shape index (κ1) is 29.1. The van der Waals surface area contributed by atoms with Gasteiger partial charge in [0.1, 0.15) is 28.7 Å². The molecule has 234 valence electrons. The molecule has 2 aliphatic heterocycles. The van der Waals surface area contributed by atoms with Crippen molar-refractivity contribution in [1.82, 2.24) is 0 Å². The van der Waals surface area contributed by atoms with E-state index in [9.17, 15) is 0 Å². The van der Waals surface area contributed by atoms with Crippen LogP contribution in [0, 0.1) is 0 Å². The van der Waals surface area contributed by atoms with Crippen molar-refractivity contribution in [2.45, 2.75) is 44.2 Å². The molecule has 1 unspecified atom stereocenters. The quantitative estimate of drug-likeness (QED) is 0.151. The van der Waals surface area contributed by atoms with Crippen LogP contribution >= 0.6 is 0 Å². The molecular formula is C42H38N2O3. The number of benzene rings is 6. The second kappa shape index (κ2) is 11.8. The van der Waals surface area contributed by atoms with E-state index in [-0.39, 0.29) is 5.41 Å². The topological polar surface area (TPSA) is 43.3 Å². The Morgan fingerprint density at radius 3 is 2.15 bits per heavy atom. The Kier molecular flexibility index (Phi) is 7.32. The molecule has 0 saturated heterocycles. The van der Waals surface area contributed by atoms with Crippen molar-refractivity contribution in [1.29, 1.82) is 0 Å². The molecule has 0 aromatic heterocycles. The van der Waals surface area contributed by atoms with Gasteiger partial charge in [-0.3, -0.25) is 4.99 Å². The van der Waals surface area contributed by atoms with Crippen LogP contribution in [0.3, 0.4) is 0 Å². The molecule has 0 fully saturated rings. The van der Waals surface area contributed by atoms with E-state index >= 15 is 0 Å². The Bertz CT molecular complexity index is 2090. The van der Waals surface area contributed by atoms with Crippen molar-refractivity contribution in [2.75, 3.05) is 18.1 Å². The summed E-state index contributed by atoms with van der Waals surface area (Å²) in [4.78, 5) is 7.77. The van der Waals surface area contributed by atoms with Crippen LogP contribution in [-0.2, 0) is 5.41 Å². The van der Waals surface area contributed by atoms with Crippen molar-refractivity contribution < 1.29 is 14.2 Å². The van der Waals surface area contributed by atoms with Gasteiger partial charge in [-0.15, -0.1) is 0 Å². The third-order valence-corrected chi connectivity index (χ3v) is 10.0. The highest BCUT2D eigenvalue weighted by molar-refractivity contribution is 6.02. The van der Waals surface area contributed by atoms with Gasteiger partial charge in [0.15, 0.2) is 0 Å². The van der Waals surface area contributed by atoms with Gasteiger partial charge < -0.3 is 19.1 Å². The number of ether oxygens (including phenoxy) is 3. The van der Waals surface area contributed by atoms with Gasteiger partial charge >= 0.3 is 0 Å². The number of rotatable bonds is 9. The normalized spacial score (nSPS) is 17.4. The van der Waals surface area contributed by atoms with Crippen LogP contribution in [0.5, 0.6) is 23.0 Å². The Labute approximate surface area is 276 Å². The SMILES string of the molecule is CCC1(CC)c2c(ccc3ccccc23)N(CCCOc2ccccc2)C12C=Nc1c(ccc3ccc(Oc4ccccc4)cc13)O2. The van der Waals surface area contributed by atoms with Gasteiger partial charge in [0.2, 0.25) is 5.72 Å². The molecule has 0 aliphatic carbocycles. The van der Waals surface area contributed by atoms with Crippen LogP contribution in [0.1, 0.15) is 38.7 Å². The van der Waals surface area contributed by atoms with E-state index in [1.165, 1.54) is 22.0 Å². The second-order valence-corrected chi connectivity index (χ2v) is 12.4. The van der Waals surface area contributed by atoms with Crippen LogP contribution < -0.4 is 19.1 Å². The van der Waals surface area contributed by atoms with Gasteiger partial charge in [-0.2, -0.15) is 0 Å². The number of aliphatic imine (C=N–C) groups is 1. The van der Waals surface area contributed by atoms with Gasteiger partial charge in [-0.05, 0) is 89.5 Å². The molecule has 0 bridgehead atoms. The first-order valence-corrected chi connectivity index (χ1v) is 16.7. The summed E-state index contributed by atoms with van der Waals surface area (Å²) in [6, 6.07) is 43.6. The number of hydrogen-bond donors (Lipinski definition) is 0. The maximum absolute atomic E-state index is 7.40. The van der Waals surface area contributed by atoms with Crippen LogP contribution in [0.4, 0.5) is 11.4 Å². The Hall–Kier alpha value is -5.29. The number of fused-ring (bicyclic) bond motifs is 6. The Morgan fingerprint density at radius 1 is 0.681 bits per heavy atom. The molecule has 2 aliphatic rings. The lowest BCUT2D eigenvalue weighted by atomic mass is 9.68. The fourth-order valence-corrected chi connectivity index (χ4v) is 7.79. The number of para-hydroxylation sites is 2. The summed E-state index contributed by atoms with van der Waals surface area (Å²) in [5.41, 5.74) is 2.24. The highest BCUT2D eigenvalue weighted by Crippen LogP contribution is 2.59. The standard InChI is InChI=1S/C42H38N2O3/c1-3-41(4-2)39-35-19-12-11-14-30(35)21-24-37(39)44(26-13-27-45-32-15-7-5-8-16-32)42(41)29-43-40-36-28-34(46-33-17-9-6-10-18-33)23-20-31(36)22-25-38(40)47-42/h5-12,14-25,28-29H,3-4,13,26-27H2,1-2H3. The molecule has 0 N–H and O–H groups in total. The zero-order valence-corrected chi connectivity index (χ0v) is 26.9. The predicted octanol–water partition coefficient (Wildman–Crippen LogP) is 10.6. The Balaban J connectivity index is 1.22. The molecule has 6 aromatic rings. The van der Waals surface area contributed by atoms with Gasteiger partial charge in [0, 0.05) is 17.6 Å². The smallest absolute Gasteiger partial charge is 0.229 e. The summed E-state index contributed by atoms with van der Waals surface area (Å²) in [5, 5.41) is 4.62. The zero-order chi connectivity index (χ0) is 31.8. The highest BCUT2D eigenvalue weighted by atomic mass is 16.5.